The van der Waals surface area contributed by atoms with Crippen LogP contribution in [0.3, 0.4) is 0 Å². The lowest BCUT2D eigenvalue weighted by atomic mass is 9.97. The van der Waals surface area contributed by atoms with Crippen LogP contribution in [0.2, 0.25) is 0 Å². The van der Waals surface area contributed by atoms with Gasteiger partial charge in [0.15, 0.2) is 0 Å². The lowest BCUT2D eigenvalue weighted by molar-refractivity contribution is -0.133. The second-order valence-corrected chi connectivity index (χ2v) is 12.5. The molecular formula is C36H40N4O3. The molecule has 0 bridgehead atoms. The van der Waals surface area contributed by atoms with Gasteiger partial charge >= 0.3 is 6.09 Å². The zero-order valence-corrected chi connectivity index (χ0v) is 25.2. The molecule has 2 atom stereocenters. The van der Waals surface area contributed by atoms with Crippen LogP contribution in [0.25, 0.3) is 22.0 Å². The van der Waals surface area contributed by atoms with Crippen molar-refractivity contribution in [2.45, 2.75) is 71.0 Å². The smallest absolute Gasteiger partial charge is 0.417 e. The maximum atomic E-state index is 13.5. The summed E-state index contributed by atoms with van der Waals surface area (Å²) in [7, 11) is 0. The molecular weight excluding hydrogens is 536 g/mol. The van der Waals surface area contributed by atoms with E-state index in [9.17, 15) is 9.59 Å². The zero-order valence-electron chi connectivity index (χ0n) is 25.2. The molecule has 1 aromatic heterocycles. The minimum atomic E-state index is -0.529. The third-order valence-corrected chi connectivity index (χ3v) is 9.71. The number of aryl methyl sites for hydroxylation is 2. The number of rotatable bonds is 7. The number of ether oxygens (including phenoxy) is 1. The summed E-state index contributed by atoms with van der Waals surface area (Å²) in [6, 6.07) is 23.4. The van der Waals surface area contributed by atoms with Gasteiger partial charge in [-0.15, -0.1) is 0 Å². The third kappa shape index (κ3) is 5.24. The van der Waals surface area contributed by atoms with Gasteiger partial charge in [0, 0.05) is 18.5 Å². The molecule has 1 unspecified atom stereocenters. The van der Waals surface area contributed by atoms with Crippen molar-refractivity contribution in [3.8, 4) is 11.1 Å². The maximum absolute atomic E-state index is 13.5. The molecule has 7 rings (SSSR count). The van der Waals surface area contributed by atoms with Crippen molar-refractivity contribution < 1.29 is 14.3 Å². The van der Waals surface area contributed by atoms with Gasteiger partial charge in [0.05, 0.1) is 23.2 Å². The van der Waals surface area contributed by atoms with Crippen LogP contribution in [0, 0.1) is 12.8 Å². The van der Waals surface area contributed by atoms with E-state index in [0.29, 0.717) is 12.6 Å². The van der Waals surface area contributed by atoms with Crippen molar-refractivity contribution >= 4 is 22.9 Å². The van der Waals surface area contributed by atoms with Crippen molar-refractivity contribution in [1.82, 2.24) is 19.6 Å². The van der Waals surface area contributed by atoms with Crippen molar-refractivity contribution in [3.05, 3.63) is 89.1 Å². The van der Waals surface area contributed by atoms with Crippen LogP contribution in [-0.2, 0) is 22.5 Å². The number of carbonyl (C=O) groups excluding carboxylic acids is 2. The summed E-state index contributed by atoms with van der Waals surface area (Å²) in [5.41, 5.74) is 8.35. The summed E-state index contributed by atoms with van der Waals surface area (Å²) < 4.78 is 7.62. The predicted octanol–water partition coefficient (Wildman–Crippen LogP) is 7.23. The highest BCUT2D eigenvalue weighted by Crippen LogP contribution is 2.36. The van der Waals surface area contributed by atoms with Gasteiger partial charge in [-0.05, 0) is 73.0 Å². The minimum Gasteiger partial charge on any atom is -0.446 e. The molecule has 4 aromatic rings. The van der Waals surface area contributed by atoms with Gasteiger partial charge < -0.3 is 4.74 Å². The highest BCUT2D eigenvalue weighted by atomic mass is 16.6. The highest BCUT2D eigenvalue weighted by Gasteiger charge is 2.43. The monoisotopic (exact) mass is 576 g/mol. The van der Waals surface area contributed by atoms with E-state index in [4.69, 9.17) is 9.84 Å². The molecule has 3 fully saturated rings. The summed E-state index contributed by atoms with van der Waals surface area (Å²) in [5.74, 6) is -0.328. The SMILES string of the molecule is CCc1nn(C2CCCC2)c2cc(-c3ccc(CN4CCC(C(=O)N5C(=O)OC[C@H]5c5ccccc5)C4)cc3C)ccc12. The lowest BCUT2D eigenvalue weighted by Crippen LogP contribution is -2.39. The fourth-order valence-corrected chi connectivity index (χ4v) is 7.43. The fraction of sp³-hybridized carbons (Fsp3) is 0.417. The number of hydrogen-bond acceptors (Lipinski definition) is 5. The number of aromatic nitrogens is 2. The van der Waals surface area contributed by atoms with Crippen molar-refractivity contribution in [3.63, 3.8) is 0 Å². The van der Waals surface area contributed by atoms with Gasteiger partial charge in [-0.25, -0.2) is 9.69 Å². The van der Waals surface area contributed by atoms with Gasteiger partial charge in [-0.2, -0.15) is 5.10 Å². The molecule has 3 heterocycles. The Morgan fingerprint density at radius 3 is 2.58 bits per heavy atom. The van der Waals surface area contributed by atoms with E-state index in [1.807, 2.05) is 30.3 Å². The Balaban J connectivity index is 1.05. The molecule has 7 heteroatoms. The Hall–Kier alpha value is -3.97. The molecule has 0 radical (unpaired) electrons. The number of cyclic esters (lactones) is 1. The molecule has 2 saturated heterocycles. The number of imide groups is 1. The molecule has 222 valence electrons. The van der Waals surface area contributed by atoms with E-state index in [-0.39, 0.29) is 24.5 Å². The Morgan fingerprint density at radius 1 is 1.00 bits per heavy atom. The molecule has 2 aliphatic heterocycles. The summed E-state index contributed by atoms with van der Waals surface area (Å²) in [4.78, 5) is 29.7. The number of likely N-dealkylation sites (tertiary alicyclic amines) is 1. The fourth-order valence-electron chi connectivity index (χ4n) is 7.43. The second-order valence-electron chi connectivity index (χ2n) is 12.5. The normalized spacial score (nSPS) is 21.3. The minimum absolute atomic E-state index is 0.121. The molecule has 3 aromatic carbocycles. The molecule has 1 aliphatic carbocycles. The first kappa shape index (κ1) is 27.8. The van der Waals surface area contributed by atoms with Gasteiger partial charge in [0.1, 0.15) is 12.6 Å². The molecule has 43 heavy (non-hydrogen) atoms. The topological polar surface area (TPSA) is 67.7 Å². The summed E-state index contributed by atoms with van der Waals surface area (Å²) in [5, 5.41) is 6.32. The first-order valence-corrected chi connectivity index (χ1v) is 15.9. The maximum Gasteiger partial charge on any atom is 0.417 e. The summed E-state index contributed by atoms with van der Waals surface area (Å²) in [6.45, 7) is 6.85. The standard InChI is InChI=1S/C36H40N4O3/c1-3-32-31-16-14-27(20-33(31)40(37-32)29-11-7-8-12-29)30-15-13-25(19-24(30)2)21-38-18-17-28(22-38)35(41)39-34(23-43-36(39)42)26-9-5-4-6-10-26/h4-6,9-10,13-16,19-20,28-29,34H,3,7-8,11-12,17-18,21-23H2,1-2H3/t28?,34-/m0/s1. The molecule has 0 N–H and O–H groups in total. The van der Waals surface area contributed by atoms with Gasteiger partial charge in [-0.1, -0.05) is 80.4 Å². The average Bonchev–Trinajstić information content (AvgIpc) is 3.84. The number of hydrogen-bond donors (Lipinski definition) is 0. The second kappa shape index (κ2) is 11.6. The van der Waals surface area contributed by atoms with Crippen molar-refractivity contribution in [2.75, 3.05) is 19.7 Å². The van der Waals surface area contributed by atoms with Gasteiger partial charge in [0.2, 0.25) is 5.91 Å². The number of carbonyl (C=O) groups is 2. The van der Waals surface area contributed by atoms with Crippen molar-refractivity contribution in [1.29, 1.82) is 0 Å². The van der Waals surface area contributed by atoms with Crippen LogP contribution in [-0.4, -0.2) is 51.3 Å². The lowest BCUT2D eigenvalue weighted by Gasteiger charge is -2.23. The van der Waals surface area contributed by atoms with Crippen LogP contribution in [0.5, 0.6) is 0 Å². The van der Waals surface area contributed by atoms with E-state index >= 15 is 0 Å². The van der Waals surface area contributed by atoms with Gasteiger partial charge in [-0.3, -0.25) is 14.4 Å². The first-order chi connectivity index (χ1) is 21.0. The molecule has 3 aliphatic rings. The van der Waals surface area contributed by atoms with E-state index in [2.05, 4.69) is 59.8 Å². The van der Waals surface area contributed by atoms with E-state index < -0.39 is 6.09 Å². The molecule has 7 nitrogen and oxygen atoms in total. The predicted molar refractivity (Wildman–Crippen MR) is 168 cm³/mol. The Labute approximate surface area is 253 Å². The highest BCUT2D eigenvalue weighted by molar-refractivity contribution is 5.95. The van der Waals surface area contributed by atoms with Crippen LogP contribution in [0.15, 0.2) is 66.7 Å². The van der Waals surface area contributed by atoms with Crippen molar-refractivity contribution in [2.24, 2.45) is 5.92 Å². The van der Waals surface area contributed by atoms with Gasteiger partial charge in [0.25, 0.3) is 0 Å². The largest absolute Gasteiger partial charge is 0.446 e. The number of nitrogens with zero attached hydrogens (tertiary/aromatic N) is 4. The summed E-state index contributed by atoms with van der Waals surface area (Å²) >= 11 is 0. The number of amides is 2. The zero-order chi connectivity index (χ0) is 29.5. The van der Waals surface area contributed by atoms with E-state index in [0.717, 1.165) is 31.5 Å². The van der Waals surface area contributed by atoms with E-state index in [1.54, 1.807) is 0 Å². The Bertz CT molecular complexity index is 1660. The van der Waals surface area contributed by atoms with Crippen LogP contribution in [0.1, 0.15) is 73.5 Å². The number of fused-ring (bicyclic) bond motifs is 1. The quantitative estimate of drug-likeness (QED) is 0.232. The average molecular weight is 577 g/mol. The Morgan fingerprint density at radius 2 is 1.81 bits per heavy atom. The third-order valence-electron chi connectivity index (χ3n) is 9.71. The molecule has 0 spiro atoms. The van der Waals surface area contributed by atoms with Crippen LogP contribution in [0.4, 0.5) is 4.79 Å². The Kier molecular flexibility index (Phi) is 7.51. The van der Waals surface area contributed by atoms with Crippen LogP contribution >= 0.6 is 0 Å². The molecule has 1 saturated carbocycles. The number of benzene rings is 3. The summed E-state index contributed by atoms with van der Waals surface area (Å²) in [6.07, 6.45) is 6.18. The van der Waals surface area contributed by atoms with E-state index in [1.165, 1.54) is 69.4 Å². The molecule has 2 amide bonds. The first-order valence-electron chi connectivity index (χ1n) is 15.9. The van der Waals surface area contributed by atoms with Crippen LogP contribution < -0.4 is 0 Å².